The second-order valence-corrected chi connectivity index (χ2v) is 3.80. The van der Waals surface area contributed by atoms with Gasteiger partial charge in [0.25, 0.3) is 5.88 Å². The number of hydrogen-bond acceptors (Lipinski definition) is 4. The van der Waals surface area contributed by atoms with Crippen molar-refractivity contribution < 1.29 is 13.9 Å². The number of halogens is 1. The molecule has 1 aromatic heterocycles. The van der Waals surface area contributed by atoms with E-state index in [1.54, 1.807) is 24.3 Å². The number of pyridine rings is 1. The number of nitrogens with zero attached hydrogens (tertiary/aromatic N) is 1. The maximum atomic E-state index is 13.9. The summed E-state index contributed by atoms with van der Waals surface area (Å²) >= 11 is 0. The third-order valence-electron chi connectivity index (χ3n) is 2.49. The molecule has 1 aromatic carbocycles. The maximum Gasteiger partial charge on any atom is 0.256 e. The molecule has 0 spiro atoms. The van der Waals surface area contributed by atoms with Gasteiger partial charge in [0.1, 0.15) is 11.5 Å². The van der Waals surface area contributed by atoms with E-state index >= 15 is 0 Å². The minimum Gasteiger partial charge on any atom is -0.494 e. The van der Waals surface area contributed by atoms with Crippen LogP contribution in [0.5, 0.6) is 17.4 Å². The molecule has 2 aromatic rings. The average Bonchev–Trinajstić information content (AvgIpc) is 2.42. The van der Waals surface area contributed by atoms with Crippen molar-refractivity contribution in [2.75, 3.05) is 6.61 Å². The van der Waals surface area contributed by atoms with Crippen molar-refractivity contribution in [3.05, 3.63) is 47.9 Å². The van der Waals surface area contributed by atoms with Crippen molar-refractivity contribution in [1.82, 2.24) is 4.98 Å². The molecule has 0 fully saturated rings. The summed E-state index contributed by atoms with van der Waals surface area (Å²) in [6, 6.07) is 8.48. The number of aromatic nitrogens is 1. The van der Waals surface area contributed by atoms with Gasteiger partial charge in [0.15, 0.2) is 5.82 Å². The smallest absolute Gasteiger partial charge is 0.256 e. The fourth-order valence-electron chi connectivity index (χ4n) is 1.60. The largest absolute Gasteiger partial charge is 0.494 e. The second-order valence-electron chi connectivity index (χ2n) is 3.80. The summed E-state index contributed by atoms with van der Waals surface area (Å²) in [6.07, 6.45) is 1.47. The zero-order valence-corrected chi connectivity index (χ0v) is 10.6. The van der Waals surface area contributed by atoms with E-state index in [-0.39, 0.29) is 12.4 Å². The van der Waals surface area contributed by atoms with E-state index in [4.69, 9.17) is 15.2 Å². The predicted octanol–water partition coefficient (Wildman–Crippen LogP) is 2.87. The molecule has 2 N–H and O–H groups in total. The molecule has 0 aliphatic rings. The van der Waals surface area contributed by atoms with Crippen LogP contribution in [0.1, 0.15) is 12.5 Å². The predicted molar refractivity (Wildman–Crippen MR) is 69.8 cm³/mol. The highest BCUT2D eigenvalue weighted by molar-refractivity contribution is 5.36. The van der Waals surface area contributed by atoms with Gasteiger partial charge in [0, 0.05) is 24.4 Å². The normalized spacial score (nSPS) is 10.3. The first kappa shape index (κ1) is 13.3. The minimum absolute atomic E-state index is 0.0865. The van der Waals surface area contributed by atoms with Crippen LogP contribution in [0.15, 0.2) is 36.5 Å². The number of benzene rings is 1. The first-order chi connectivity index (χ1) is 9.24. The lowest BCUT2D eigenvalue weighted by Crippen LogP contribution is -2.02. The molecule has 0 bridgehead atoms. The van der Waals surface area contributed by atoms with Gasteiger partial charge in [0.2, 0.25) is 0 Å². The molecule has 100 valence electrons. The minimum atomic E-state index is -0.535. The van der Waals surface area contributed by atoms with Crippen LogP contribution in [0.3, 0.4) is 0 Å². The number of nitrogens with two attached hydrogens (primary N) is 1. The van der Waals surface area contributed by atoms with Gasteiger partial charge in [0.05, 0.1) is 6.61 Å². The van der Waals surface area contributed by atoms with E-state index in [1.807, 2.05) is 6.92 Å². The van der Waals surface area contributed by atoms with Gasteiger partial charge >= 0.3 is 0 Å². The number of rotatable bonds is 5. The SMILES string of the molecule is CCOc1cccc(Oc2nccc(CN)c2F)c1. The van der Waals surface area contributed by atoms with E-state index in [1.165, 1.54) is 12.3 Å². The third kappa shape index (κ3) is 3.20. The molecular formula is C14H15FN2O2. The van der Waals surface area contributed by atoms with Gasteiger partial charge < -0.3 is 15.2 Å². The summed E-state index contributed by atoms with van der Waals surface area (Å²) in [5.41, 5.74) is 5.80. The molecule has 5 heteroatoms. The first-order valence-corrected chi connectivity index (χ1v) is 5.98. The number of hydrogen-bond donors (Lipinski definition) is 1. The lowest BCUT2D eigenvalue weighted by Gasteiger charge is -2.09. The van der Waals surface area contributed by atoms with Gasteiger partial charge in [-0.25, -0.2) is 9.37 Å². The Balaban J connectivity index is 2.23. The van der Waals surface area contributed by atoms with E-state index in [9.17, 15) is 4.39 Å². The van der Waals surface area contributed by atoms with Crippen molar-refractivity contribution in [3.8, 4) is 17.4 Å². The molecule has 0 unspecified atom stereocenters. The number of ether oxygens (including phenoxy) is 2. The fourth-order valence-corrected chi connectivity index (χ4v) is 1.60. The van der Waals surface area contributed by atoms with Gasteiger partial charge in [-0.15, -0.1) is 0 Å². The average molecular weight is 262 g/mol. The third-order valence-corrected chi connectivity index (χ3v) is 2.49. The van der Waals surface area contributed by atoms with E-state index in [0.29, 0.717) is 23.7 Å². The zero-order chi connectivity index (χ0) is 13.7. The molecule has 0 radical (unpaired) electrons. The van der Waals surface area contributed by atoms with Crippen molar-refractivity contribution in [1.29, 1.82) is 0 Å². The van der Waals surface area contributed by atoms with Crippen LogP contribution < -0.4 is 15.2 Å². The molecule has 0 saturated heterocycles. The van der Waals surface area contributed by atoms with Crippen molar-refractivity contribution in [3.63, 3.8) is 0 Å². The summed E-state index contributed by atoms with van der Waals surface area (Å²) in [7, 11) is 0. The van der Waals surface area contributed by atoms with Crippen molar-refractivity contribution >= 4 is 0 Å². The Morgan fingerprint density at radius 1 is 1.26 bits per heavy atom. The molecule has 0 saturated carbocycles. The molecule has 0 amide bonds. The standard InChI is InChI=1S/C14H15FN2O2/c1-2-18-11-4-3-5-12(8-11)19-14-13(15)10(9-16)6-7-17-14/h3-8H,2,9,16H2,1H3. The lowest BCUT2D eigenvalue weighted by atomic mass is 10.2. The van der Waals surface area contributed by atoms with Crippen LogP contribution in [-0.4, -0.2) is 11.6 Å². The van der Waals surface area contributed by atoms with Crippen LogP contribution in [0, 0.1) is 5.82 Å². The molecular weight excluding hydrogens is 247 g/mol. The first-order valence-electron chi connectivity index (χ1n) is 5.98. The molecule has 2 rings (SSSR count). The van der Waals surface area contributed by atoms with Crippen LogP contribution >= 0.6 is 0 Å². The van der Waals surface area contributed by atoms with Gasteiger partial charge in [-0.1, -0.05) is 6.07 Å². The Labute approximate surface area is 111 Å². The van der Waals surface area contributed by atoms with Crippen LogP contribution in [0.25, 0.3) is 0 Å². The highest BCUT2D eigenvalue weighted by Crippen LogP contribution is 2.26. The molecule has 19 heavy (non-hydrogen) atoms. The summed E-state index contributed by atoms with van der Waals surface area (Å²) < 4.78 is 24.7. The van der Waals surface area contributed by atoms with Gasteiger partial charge in [-0.3, -0.25) is 0 Å². The van der Waals surface area contributed by atoms with Crippen molar-refractivity contribution in [2.45, 2.75) is 13.5 Å². The summed E-state index contributed by atoms with van der Waals surface area (Å²) in [4.78, 5) is 3.86. The maximum absolute atomic E-state index is 13.9. The van der Waals surface area contributed by atoms with Gasteiger partial charge in [-0.2, -0.15) is 0 Å². The summed E-state index contributed by atoms with van der Waals surface area (Å²) in [5.74, 6) is 0.505. The van der Waals surface area contributed by atoms with E-state index < -0.39 is 5.82 Å². The Morgan fingerprint density at radius 3 is 2.79 bits per heavy atom. The zero-order valence-electron chi connectivity index (χ0n) is 10.6. The van der Waals surface area contributed by atoms with E-state index in [0.717, 1.165) is 0 Å². The molecule has 1 heterocycles. The second kappa shape index (κ2) is 6.15. The van der Waals surface area contributed by atoms with Crippen molar-refractivity contribution in [2.24, 2.45) is 5.73 Å². The molecule has 4 nitrogen and oxygen atoms in total. The monoisotopic (exact) mass is 262 g/mol. The lowest BCUT2D eigenvalue weighted by molar-refractivity contribution is 0.337. The van der Waals surface area contributed by atoms with Gasteiger partial charge in [-0.05, 0) is 25.1 Å². The summed E-state index contributed by atoms with van der Waals surface area (Å²) in [5, 5.41) is 0. The Bertz CT molecular complexity index is 561. The highest BCUT2D eigenvalue weighted by Gasteiger charge is 2.10. The molecule has 0 aliphatic heterocycles. The molecule has 0 atom stereocenters. The Morgan fingerprint density at radius 2 is 2.05 bits per heavy atom. The van der Waals surface area contributed by atoms with Crippen LogP contribution in [0.2, 0.25) is 0 Å². The Kier molecular flexibility index (Phi) is 4.30. The quantitative estimate of drug-likeness (QED) is 0.900. The summed E-state index contributed by atoms with van der Waals surface area (Å²) in [6.45, 7) is 2.54. The molecule has 0 aliphatic carbocycles. The highest BCUT2D eigenvalue weighted by atomic mass is 19.1. The topological polar surface area (TPSA) is 57.4 Å². The van der Waals surface area contributed by atoms with Crippen LogP contribution in [0.4, 0.5) is 4.39 Å². The Hall–Kier alpha value is -2.14. The van der Waals surface area contributed by atoms with E-state index in [2.05, 4.69) is 4.98 Å². The fraction of sp³-hybridized carbons (Fsp3) is 0.214. The van der Waals surface area contributed by atoms with Crippen LogP contribution in [-0.2, 0) is 6.54 Å².